The van der Waals surface area contributed by atoms with Gasteiger partial charge in [0, 0.05) is 19.2 Å². The summed E-state index contributed by atoms with van der Waals surface area (Å²) >= 11 is 0. The molecule has 3 heterocycles. The summed E-state index contributed by atoms with van der Waals surface area (Å²) in [7, 11) is -0.495. The van der Waals surface area contributed by atoms with Crippen LogP contribution in [0, 0.1) is 6.92 Å². The Hall–Kier alpha value is -1.97. The van der Waals surface area contributed by atoms with Crippen molar-refractivity contribution >= 4 is 10.0 Å². The molecule has 9 heteroatoms. The van der Waals surface area contributed by atoms with Gasteiger partial charge in [-0.3, -0.25) is 0 Å². The molecule has 0 spiro atoms. The maximum atomic E-state index is 13.5. The smallest absolute Gasteiger partial charge is 0.247 e. The fraction of sp³-hybridized carbons (Fsp3) is 0.579. The molecule has 0 saturated carbocycles. The third kappa shape index (κ3) is 3.31. The lowest BCUT2D eigenvalue weighted by Gasteiger charge is -2.37. The Balaban J connectivity index is 1.60. The summed E-state index contributed by atoms with van der Waals surface area (Å²) in [5, 5.41) is 8.38. The van der Waals surface area contributed by atoms with Crippen LogP contribution in [0.15, 0.2) is 29.3 Å². The second-order valence-electron chi connectivity index (χ2n) is 7.62. The van der Waals surface area contributed by atoms with Crippen LogP contribution in [-0.4, -0.2) is 54.0 Å². The van der Waals surface area contributed by atoms with Gasteiger partial charge >= 0.3 is 0 Å². The number of hydrogen-bond acceptors (Lipinski definition) is 6. The molecule has 0 N–H and O–H groups in total. The van der Waals surface area contributed by atoms with Gasteiger partial charge in [-0.25, -0.2) is 13.1 Å². The van der Waals surface area contributed by atoms with Crippen molar-refractivity contribution in [3.63, 3.8) is 0 Å². The number of piperidine rings is 1. The first-order chi connectivity index (χ1) is 13.4. The van der Waals surface area contributed by atoms with Gasteiger partial charge in [0.1, 0.15) is 16.3 Å². The van der Waals surface area contributed by atoms with E-state index in [9.17, 15) is 8.42 Å². The molecule has 0 aliphatic carbocycles. The number of hydrogen-bond donors (Lipinski definition) is 0. The Morgan fingerprint density at radius 3 is 2.50 bits per heavy atom. The second kappa shape index (κ2) is 7.46. The fourth-order valence-electron chi connectivity index (χ4n) is 4.52. The Morgan fingerprint density at radius 2 is 1.86 bits per heavy atom. The fourth-order valence-corrected chi connectivity index (χ4v) is 6.65. The van der Waals surface area contributed by atoms with Gasteiger partial charge in [-0.2, -0.15) is 4.31 Å². The molecule has 2 aliphatic heterocycles. The Morgan fingerprint density at radius 1 is 1.14 bits per heavy atom. The van der Waals surface area contributed by atoms with Gasteiger partial charge < -0.3 is 9.47 Å². The molecule has 1 aromatic heterocycles. The topological polar surface area (TPSA) is 86.5 Å². The van der Waals surface area contributed by atoms with Crippen molar-refractivity contribution in [3.05, 3.63) is 35.7 Å². The molecule has 4 rings (SSSR count). The van der Waals surface area contributed by atoms with Gasteiger partial charge in [0.25, 0.3) is 0 Å². The van der Waals surface area contributed by atoms with Gasteiger partial charge in [-0.15, -0.1) is 5.10 Å². The molecule has 2 atom stereocenters. The monoisotopic (exact) mass is 406 g/mol. The molecule has 2 aliphatic rings. The van der Waals surface area contributed by atoms with E-state index in [4.69, 9.17) is 9.47 Å². The molecule has 28 heavy (non-hydrogen) atoms. The van der Waals surface area contributed by atoms with Crippen LogP contribution in [0.2, 0.25) is 0 Å². The third-order valence-corrected chi connectivity index (χ3v) is 7.77. The number of aryl methyl sites for hydroxylation is 1. The van der Waals surface area contributed by atoms with Crippen LogP contribution >= 0.6 is 0 Å². The van der Waals surface area contributed by atoms with E-state index in [1.54, 1.807) is 23.5 Å². The van der Waals surface area contributed by atoms with Crippen molar-refractivity contribution in [1.29, 1.82) is 0 Å². The summed E-state index contributed by atoms with van der Waals surface area (Å²) in [6.45, 7) is 2.31. The molecular weight excluding hydrogens is 380 g/mol. The van der Waals surface area contributed by atoms with Crippen LogP contribution in [-0.2, 0) is 21.4 Å². The maximum Gasteiger partial charge on any atom is 0.247 e. The molecular formula is C19H26N4O4S. The Labute approximate surface area is 165 Å². The van der Waals surface area contributed by atoms with E-state index in [-0.39, 0.29) is 23.0 Å². The molecule has 2 fully saturated rings. The average molecular weight is 407 g/mol. The molecule has 2 unspecified atom stereocenters. The highest BCUT2D eigenvalue weighted by atomic mass is 32.2. The highest BCUT2D eigenvalue weighted by molar-refractivity contribution is 7.89. The average Bonchev–Trinajstić information content (AvgIpc) is 3.25. The maximum absolute atomic E-state index is 13.5. The first-order valence-corrected chi connectivity index (χ1v) is 11.0. The second-order valence-corrected chi connectivity index (χ2v) is 9.43. The summed E-state index contributed by atoms with van der Waals surface area (Å²) < 4.78 is 41.1. The van der Waals surface area contributed by atoms with Crippen molar-refractivity contribution in [2.24, 2.45) is 0 Å². The van der Waals surface area contributed by atoms with E-state index < -0.39 is 10.0 Å². The molecule has 1 aromatic carbocycles. The van der Waals surface area contributed by atoms with Crippen LogP contribution in [0.5, 0.6) is 5.75 Å². The molecule has 8 nitrogen and oxygen atoms in total. The van der Waals surface area contributed by atoms with Crippen LogP contribution in [0.25, 0.3) is 0 Å². The molecule has 152 valence electrons. The van der Waals surface area contributed by atoms with Gasteiger partial charge in [0.05, 0.1) is 26.0 Å². The summed E-state index contributed by atoms with van der Waals surface area (Å²) in [6, 6.07) is 5.38. The molecule has 0 amide bonds. The minimum Gasteiger partial charge on any atom is -0.495 e. The zero-order valence-electron chi connectivity index (χ0n) is 16.4. The minimum atomic E-state index is -3.63. The van der Waals surface area contributed by atoms with E-state index in [2.05, 4.69) is 10.3 Å². The number of benzene rings is 1. The van der Waals surface area contributed by atoms with E-state index in [1.165, 1.54) is 7.11 Å². The molecule has 0 radical (unpaired) electrons. The Kier molecular flexibility index (Phi) is 5.15. The minimum absolute atomic E-state index is 0.0333. The van der Waals surface area contributed by atoms with Crippen molar-refractivity contribution in [3.8, 4) is 5.75 Å². The van der Waals surface area contributed by atoms with E-state index >= 15 is 0 Å². The lowest BCUT2D eigenvalue weighted by Crippen LogP contribution is -2.47. The van der Waals surface area contributed by atoms with Gasteiger partial charge in [-0.05, 0) is 50.3 Å². The quantitative estimate of drug-likeness (QED) is 0.732. The van der Waals surface area contributed by atoms with Gasteiger partial charge in [0.2, 0.25) is 10.0 Å². The van der Waals surface area contributed by atoms with Gasteiger partial charge in [-0.1, -0.05) is 11.3 Å². The molecule has 2 aromatic rings. The number of ether oxygens (including phenoxy) is 2. The first-order valence-electron chi connectivity index (χ1n) is 9.52. The van der Waals surface area contributed by atoms with Crippen LogP contribution < -0.4 is 4.74 Å². The zero-order chi connectivity index (χ0) is 19.9. The largest absolute Gasteiger partial charge is 0.495 e. The number of aromatic nitrogens is 3. The standard InChI is InChI=1S/C19H26N4O4S/c1-13-4-7-18(27-3)19(8-13)28(24,25)23-15-5-6-16(23)10-17(9-15)22-11-14(12-26-2)20-21-22/h4,7-8,11,15-17H,5-6,9-10,12H2,1-3H3. The predicted octanol–water partition coefficient (Wildman–Crippen LogP) is 2.30. The molecule has 2 saturated heterocycles. The summed E-state index contributed by atoms with van der Waals surface area (Å²) in [6.07, 6.45) is 5.11. The van der Waals surface area contributed by atoms with Crippen LogP contribution in [0.4, 0.5) is 0 Å². The highest BCUT2D eigenvalue weighted by Crippen LogP contribution is 2.44. The van der Waals surface area contributed by atoms with E-state index in [1.807, 2.05) is 23.9 Å². The van der Waals surface area contributed by atoms with Crippen molar-refractivity contribution < 1.29 is 17.9 Å². The number of sulfonamides is 1. The van der Waals surface area contributed by atoms with E-state index in [0.717, 1.165) is 36.9 Å². The van der Waals surface area contributed by atoms with Crippen molar-refractivity contribution in [2.45, 2.75) is 62.2 Å². The van der Waals surface area contributed by atoms with Crippen molar-refractivity contribution in [1.82, 2.24) is 19.3 Å². The van der Waals surface area contributed by atoms with E-state index in [0.29, 0.717) is 12.4 Å². The third-order valence-electron chi connectivity index (χ3n) is 5.74. The summed E-state index contributed by atoms with van der Waals surface area (Å²) in [4.78, 5) is 0.258. The first kappa shape index (κ1) is 19.4. The lowest BCUT2D eigenvalue weighted by atomic mass is 10.00. The number of nitrogens with zero attached hydrogens (tertiary/aromatic N) is 4. The number of fused-ring (bicyclic) bond motifs is 2. The van der Waals surface area contributed by atoms with Crippen LogP contribution in [0.3, 0.4) is 0 Å². The predicted molar refractivity (Wildman–Crippen MR) is 103 cm³/mol. The normalized spacial score (nSPS) is 25.2. The Bertz CT molecular complexity index is 945. The lowest BCUT2D eigenvalue weighted by molar-refractivity contribution is 0.180. The van der Waals surface area contributed by atoms with Crippen molar-refractivity contribution in [2.75, 3.05) is 14.2 Å². The number of rotatable bonds is 6. The summed E-state index contributed by atoms with van der Waals surface area (Å²) in [5.74, 6) is 0.396. The zero-order valence-corrected chi connectivity index (χ0v) is 17.2. The SMILES string of the molecule is COCc1cn(C2CC3CCC(C2)N3S(=O)(=O)c2cc(C)ccc2OC)nn1. The van der Waals surface area contributed by atoms with Crippen LogP contribution in [0.1, 0.15) is 43.0 Å². The molecule has 2 bridgehead atoms. The summed E-state index contributed by atoms with van der Waals surface area (Å²) in [5.41, 5.74) is 1.68. The number of methoxy groups -OCH3 is 2. The van der Waals surface area contributed by atoms with Gasteiger partial charge in [0.15, 0.2) is 0 Å². The highest BCUT2D eigenvalue weighted by Gasteiger charge is 2.48.